The fourth-order valence-electron chi connectivity index (χ4n) is 1.50. The number of aliphatic hydroxyl groups is 1. The van der Waals surface area contributed by atoms with Gasteiger partial charge < -0.3 is 5.11 Å². The Labute approximate surface area is 96.0 Å². The number of thiophene rings is 1. The van der Waals surface area contributed by atoms with Crippen LogP contribution in [-0.2, 0) is 5.60 Å². The van der Waals surface area contributed by atoms with Crippen LogP contribution < -0.4 is 0 Å². The highest BCUT2D eigenvalue weighted by Gasteiger charge is 2.27. The van der Waals surface area contributed by atoms with E-state index < -0.39 is 17.2 Å². The van der Waals surface area contributed by atoms with Crippen LogP contribution in [-0.4, -0.2) is 5.11 Å². The highest BCUT2D eigenvalue weighted by atomic mass is 32.1. The fraction of sp³-hybridized carbons (Fsp3) is 0.167. The van der Waals surface area contributed by atoms with Crippen LogP contribution in [0.1, 0.15) is 17.4 Å². The van der Waals surface area contributed by atoms with Crippen molar-refractivity contribution in [2.45, 2.75) is 12.5 Å². The van der Waals surface area contributed by atoms with Crippen molar-refractivity contribution in [3.05, 3.63) is 57.8 Å². The van der Waals surface area contributed by atoms with Crippen molar-refractivity contribution >= 4 is 11.3 Å². The van der Waals surface area contributed by atoms with Gasteiger partial charge in [-0.25, -0.2) is 8.78 Å². The summed E-state index contributed by atoms with van der Waals surface area (Å²) in [5.74, 6) is -1.86. The predicted octanol–water partition coefficient (Wildman–Crippen LogP) is 3.28. The van der Waals surface area contributed by atoms with Crippen molar-refractivity contribution in [2.75, 3.05) is 0 Å². The van der Waals surface area contributed by atoms with E-state index in [2.05, 4.69) is 0 Å². The Morgan fingerprint density at radius 2 is 1.94 bits per heavy atom. The summed E-state index contributed by atoms with van der Waals surface area (Å²) in [4.78, 5) is 0.693. The van der Waals surface area contributed by atoms with Gasteiger partial charge in [-0.2, -0.15) is 0 Å². The lowest BCUT2D eigenvalue weighted by Gasteiger charge is -2.22. The molecule has 0 spiro atoms. The summed E-state index contributed by atoms with van der Waals surface area (Å²) in [7, 11) is 0. The maximum Gasteiger partial charge on any atom is 0.159 e. The van der Waals surface area contributed by atoms with Crippen LogP contribution in [0.4, 0.5) is 8.78 Å². The molecule has 1 atom stereocenters. The van der Waals surface area contributed by atoms with E-state index in [0.29, 0.717) is 10.4 Å². The van der Waals surface area contributed by atoms with Gasteiger partial charge in [0.2, 0.25) is 0 Å². The summed E-state index contributed by atoms with van der Waals surface area (Å²) in [5.41, 5.74) is -0.947. The molecule has 1 nitrogen and oxygen atoms in total. The molecule has 1 aromatic carbocycles. The molecule has 0 aliphatic heterocycles. The van der Waals surface area contributed by atoms with Crippen molar-refractivity contribution in [1.82, 2.24) is 0 Å². The van der Waals surface area contributed by atoms with Gasteiger partial charge in [0, 0.05) is 4.88 Å². The standard InChI is InChI=1S/C12H10F2OS/c1-12(15,11-3-2-6-16-11)8-4-5-9(13)10(14)7-8/h2-7,15H,1H3. The lowest BCUT2D eigenvalue weighted by atomic mass is 9.94. The summed E-state index contributed by atoms with van der Waals surface area (Å²) < 4.78 is 25.8. The average molecular weight is 240 g/mol. The molecule has 0 fully saturated rings. The number of halogens is 2. The zero-order chi connectivity index (χ0) is 11.8. The van der Waals surface area contributed by atoms with E-state index >= 15 is 0 Å². The Morgan fingerprint density at radius 3 is 2.50 bits per heavy atom. The summed E-state index contributed by atoms with van der Waals surface area (Å²) in [6.07, 6.45) is 0. The molecule has 1 aromatic heterocycles. The Kier molecular flexibility index (Phi) is 2.78. The molecule has 2 aromatic rings. The topological polar surface area (TPSA) is 20.2 Å². The zero-order valence-corrected chi connectivity index (χ0v) is 9.39. The van der Waals surface area contributed by atoms with Crippen molar-refractivity contribution in [1.29, 1.82) is 0 Å². The molecule has 0 saturated carbocycles. The molecule has 0 radical (unpaired) electrons. The molecule has 1 N–H and O–H groups in total. The monoisotopic (exact) mass is 240 g/mol. The molecular weight excluding hydrogens is 230 g/mol. The molecule has 1 unspecified atom stereocenters. The quantitative estimate of drug-likeness (QED) is 0.854. The fourth-order valence-corrected chi connectivity index (χ4v) is 2.30. The predicted molar refractivity (Wildman–Crippen MR) is 59.3 cm³/mol. The molecule has 2 rings (SSSR count). The summed E-state index contributed by atoms with van der Waals surface area (Å²) in [5, 5.41) is 12.1. The van der Waals surface area contributed by atoms with Gasteiger partial charge in [-0.05, 0) is 36.1 Å². The van der Waals surface area contributed by atoms with Crippen molar-refractivity contribution in [3.8, 4) is 0 Å². The minimum Gasteiger partial charge on any atom is -0.380 e. The third-order valence-electron chi connectivity index (χ3n) is 2.48. The normalized spacial score (nSPS) is 14.8. The summed E-state index contributed by atoms with van der Waals surface area (Å²) >= 11 is 1.37. The Morgan fingerprint density at radius 1 is 1.19 bits per heavy atom. The van der Waals surface area contributed by atoms with E-state index in [9.17, 15) is 13.9 Å². The molecule has 0 aliphatic rings. The van der Waals surface area contributed by atoms with E-state index in [1.54, 1.807) is 19.1 Å². The lowest BCUT2D eigenvalue weighted by molar-refractivity contribution is 0.106. The van der Waals surface area contributed by atoms with Gasteiger partial charge in [-0.3, -0.25) is 0 Å². The third-order valence-corrected chi connectivity index (χ3v) is 3.56. The van der Waals surface area contributed by atoms with E-state index in [4.69, 9.17) is 0 Å². The molecule has 0 bridgehead atoms. The second-order valence-electron chi connectivity index (χ2n) is 3.68. The van der Waals surface area contributed by atoms with Crippen LogP contribution in [0.15, 0.2) is 35.7 Å². The average Bonchev–Trinajstić information content (AvgIpc) is 2.75. The van der Waals surface area contributed by atoms with Crippen LogP contribution in [0.25, 0.3) is 0 Å². The lowest BCUT2D eigenvalue weighted by Crippen LogP contribution is -2.21. The van der Waals surface area contributed by atoms with Crippen molar-refractivity contribution in [2.24, 2.45) is 0 Å². The van der Waals surface area contributed by atoms with Crippen LogP contribution in [0.2, 0.25) is 0 Å². The SMILES string of the molecule is CC(O)(c1ccc(F)c(F)c1)c1cccs1. The van der Waals surface area contributed by atoms with E-state index in [-0.39, 0.29) is 0 Å². The van der Waals surface area contributed by atoms with Gasteiger partial charge in [-0.1, -0.05) is 12.1 Å². The summed E-state index contributed by atoms with van der Waals surface area (Å²) in [6, 6.07) is 6.99. The van der Waals surface area contributed by atoms with Crippen LogP contribution in [0, 0.1) is 11.6 Å². The van der Waals surface area contributed by atoms with Gasteiger partial charge in [0.1, 0.15) is 5.60 Å². The molecule has 4 heteroatoms. The zero-order valence-electron chi connectivity index (χ0n) is 8.58. The van der Waals surface area contributed by atoms with Gasteiger partial charge in [0.15, 0.2) is 11.6 Å². The van der Waals surface area contributed by atoms with E-state index in [0.717, 1.165) is 12.1 Å². The first-order chi connectivity index (χ1) is 7.51. The highest BCUT2D eigenvalue weighted by Crippen LogP contribution is 2.32. The second kappa shape index (κ2) is 3.96. The molecular formula is C12H10F2OS. The largest absolute Gasteiger partial charge is 0.380 e. The molecule has 0 amide bonds. The van der Waals surface area contributed by atoms with Gasteiger partial charge in [-0.15, -0.1) is 11.3 Å². The maximum absolute atomic E-state index is 13.1. The highest BCUT2D eigenvalue weighted by molar-refractivity contribution is 7.10. The maximum atomic E-state index is 13.1. The van der Waals surface area contributed by atoms with Gasteiger partial charge >= 0.3 is 0 Å². The number of hydrogen-bond acceptors (Lipinski definition) is 2. The first-order valence-electron chi connectivity index (χ1n) is 4.73. The molecule has 0 saturated heterocycles. The first kappa shape index (κ1) is 11.2. The number of benzene rings is 1. The minimum absolute atomic E-state index is 0.342. The van der Waals surface area contributed by atoms with E-state index in [1.165, 1.54) is 17.4 Å². The van der Waals surface area contributed by atoms with E-state index in [1.807, 2.05) is 5.38 Å². The van der Waals surface area contributed by atoms with Gasteiger partial charge in [0.05, 0.1) is 0 Å². The Hall–Kier alpha value is -1.26. The first-order valence-corrected chi connectivity index (χ1v) is 5.61. The Bertz CT molecular complexity index is 492. The molecule has 0 aliphatic carbocycles. The van der Waals surface area contributed by atoms with Gasteiger partial charge in [0.25, 0.3) is 0 Å². The minimum atomic E-state index is -1.29. The summed E-state index contributed by atoms with van der Waals surface area (Å²) in [6.45, 7) is 1.56. The second-order valence-corrected chi connectivity index (χ2v) is 4.63. The van der Waals surface area contributed by atoms with Crippen LogP contribution in [0.3, 0.4) is 0 Å². The van der Waals surface area contributed by atoms with Crippen molar-refractivity contribution in [3.63, 3.8) is 0 Å². The molecule has 84 valence electrons. The van der Waals surface area contributed by atoms with Crippen molar-refractivity contribution < 1.29 is 13.9 Å². The van der Waals surface area contributed by atoms with Crippen LogP contribution >= 0.6 is 11.3 Å². The molecule has 1 heterocycles. The number of rotatable bonds is 2. The smallest absolute Gasteiger partial charge is 0.159 e. The van der Waals surface area contributed by atoms with Crippen LogP contribution in [0.5, 0.6) is 0 Å². The third kappa shape index (κ3) is 1.86. The molecule has 16 heavy (non-hydrogen) atoms. The number of hydrogen-bond donors (Lipinski definition) is 1. The Balaban J connectivity index is 2.47.